The summed E-state index contributed by atoms with van der Waals surface area (Å²) >= 11 is 3.62. The van der Waals surface area contributed by atoms with Gasteiger partial charge in [0.15, 0.2) is 0 Å². The molecule has 1 unspecified atom stereocenters. The number of benzene rings is 1. The van der Waals surface area contributed by atoms with E-state index in [9.17, 15) is 10.5 Å². The number of nitriles is 2. The van der Waals surface area contributed by atoms with E-state index in [0.29, 0.717) is 23.4 Å². The number of aromatic amines is 1. The van der Waals surface area contributed by atoms with E-state index in [1.165, 1.54) is 12.8 Å². The molecule has 3 aliphatic heterocycles. The van der Waals surface area contributed by atoms with Crippen molar-refractivity contribution in [2.24, 2.45) is 11.8 Å². The number of fused-ring (bicyclic) bond motifs is 4. The molecule has 1 saturated carbocycles. The number of halogens is 1. The smallest absolute Gasteiger partial charge is 0.129 e. The number of anilines is 1. The summed E-state index contributed by atoms with van der Waals surface area (Å²) in [5.74, 6) is 1.58. The lowest BCUT2D eigenvalue weighted by Gasteiger charge is -2.50. The zero-order valence-corrected chi connectivity index (χ0v) is 17.7. The fourth-order valence-corrected chi connectivity index (χ4v) is 6.10. The zero-order chi connectivity index (χ0) is 20.1. The number of rotatable bonds is 2. The first-order valence-corrected chi connectivity index (χ1v) is 10.7. The fraction of sp³-hybridized carbons (Fsp3) is 0.409. The second-order valence-electron chi connectivity index (χ2n) is 8.31. The van der Waals surface area contributed by atoms with Crippen molar-refractivity contribution in [1.29, 1.82) is 10.5 Å². The molecule has 2 aromatic rings. The third-order valence-electron chi connectivity index (χ3n) is 6.80. The number of nitrogens with one attached hydrogen (secondary N) is 2. The molecular weight excluding hydrogens is 428 g/mol. The van der Waals surface area contributed by atoms with E-state index in [1.807, 2.05) is 12.1 Å². The Morgan fingerprint density at radius 3 is 2.79 bits per heavy atom. The van der Waals surface area contributed by atoms with Crippen molar-refractivity contribution >= 4 is 21.7 Å². The quantitative estimate of drug-likeness (QED) is 0.720. The highest BCUT2D eigenvalue weighted by Crippen LogP contribution is 2.49. The van der Waals surface area contributed by atoms with Gasteiger partial charge in [-0.1, -0.05) is 12.1 Å². The van der Waals surface area contributed by atoms with E-state index < -0.39 is 0 Å². The normalized spacial score (nSPS) is 28.4. The Hall–Kier alpha value is -2.61. The van der Waals surface area contributed by atoms with Crippen LogP contribution in [0.5, 0.6) is 0 Å². The van der Waals surface area contributed by atoms with E-state index in [2.05, 4.69) is 55.5 Å². The maximum absolute atomic E-state index is 10.3. The van der Waals surface area contributed by atoms with Crippen molar-refractivity contribution in [2.45, 2.75) is 31.2 Å². The van der Waals surface area contributed by atoms with Gasteiger partial charge in [0, 0.05) is 34.2 Å². The molecule has 0 amide bonds. The molecule has 2 bridgehead atoms. The summed E-state index contributed by atoms with van der Waals surface area (Å²) in [6.07, 6.45) is 5.34. The Morgan fingerprint density at radius 1 is 1.21 bits per heavy atom. The Morgan fingerprint density at radius 2 is 2.07 bits per heavy atom. The second kappa shape index (κ2) is 7.02. The third kappa shape index (κ3) is 2.80. The molecule has 0 radical (unpaired) electrons. The van der Waals surface area contributed by atoms with E-state index in [0.717, 1.165) is 45.7 Å². The van der Waals surface area contributed by atoms with Crippen molar-refractivity contribution in [1.82, 2.24) is 15.1 Å². The number of hydrogen-bond donors (Lipinski definition) is 2. The van der Waals surface area contributed by atoms with Gasteiger partial charge in [0.2, 0.25) is 0 Å². The molecule has 4 heterocycles. The lowest BCUT2D eigenvalue weighted by molar-refractivity contribution is 0.0350. The third-order valence-corrected chi connectivity index (χ3v) is 7.69. The highest BCUT2D eigenvalue weighted by molar-refractivity contribution is 9.10. The van der Waals surface area contributed by atoms with Gasteiger partial charge in [-0.05, 0) is 59.8 Å². The Labute approximate surface area is 178 Å². The van der Waals surface area contributed by atoms with Crippen LogP contribution in [-0.4, -0.2) is 34.7 Å². The maximum atomic E-state index is 10.3. The minimum absolute atomic E-state index is 0.251. The van der Waals surface area contributed by atoms with Crippen LogP contribution in [-0.2, 0) is 0 Å². The predicted octanol–water partition coefficient (Wildman–Crippen LogP) is 4.11. The Kier molecular flexibility index (Phi) is 4.46. The largest absolute Gasteiger partial charge is 0.343 e. The topological polar surface area (TPSA) is 91.5 Å². The molecule has 1 aliphatic carbocycles. The monoisotopic (exact) mass is 448 g/mol. The first kappa shape index (κ1) is 18.4. The van der Waals surface area contributed by atoms with E-state index in [-0.39, 0.29) is 5.92 Å². The molecule has 0 spiro atoms. The van der Waals surface area contributed by atoms with Crippen LogP contribution in [0, 0.1) is 34.5 Å². The summed E-state index contributed by atoms with van der Waals surface area (Å²) in [5.41, 5.74) is 4.19. The number of hydrogen-bond acceptors (Lipinski definition) is 5. The van der Waals surface area contributed by atoms with Crippen molar-refractivity contribution in [3.8, 4) is 12.1 Å². The Balaban J connectivity index is 1.68. The van der Waals surface area contributed by atoms with Crippen LogP contribution >= 0.6 is 15.9 Å². The summed E-state index contributed by atoms with van der Waals surface area (Å²) in [4.78, 5) is 2.45. The van der Waals surface area contributed by atoms with Gasteiger partial charge in [0.25, 0.3) is 0 Å². The highest BCUT2D eigenvalue weighted by Gasteiger charge is 2.44. The van der Waals surface area contributed by atoms with Crippen molar-refractivity contribution < 1.29 is 0 Å². The average Bonchev–Trinajstić information content (AvgIpc) is 3.21. The van der Waals surface area contributed by atoms with E-state index >= 15 is 0 Å². The van der Waals surface area contributed by atoms with Crippen LogP contribution in [0.4, 0.5) is 5.82 Å². The summed E-state index contributed by atoms with van der Waals surface area (Å²) in [6, 6.07) is 10.9. The summed E-state index contributed by atoms with van der Waals surface area (Å²) < 4.78 is 0.746. The van der Waals surface area contributed by atoms with Crippen LogP contribution in [0.1, 0.15) is 41.9 Å². The summed E-state index contributed by atoms with van der Waals surface area (Å²) in [6.45, 7) is 1.14. The molecule has 4 aliphatic rings. The highest BCUT2D eigenvalue weighted by atomic mass is 79.9. The van der Waals surface area contributed by atoms with Gasteiger partial charge < -0.3 is 10.2 Å². The minimum Gasteiger partial charge on any atom is -0.343 e. The van der Waals surface area contributed by atoms with Crippen LogP contribution in [0.2, 0.25) is 0 Å². The van der Waals surface area contributed by atoms with Crippen LogP contribution in [0.25, 0.3) is 0 Å². The minimum atomic E-state index is -0.251. The lowest BCUT2D eigenvalue weighted by atomic mass is 9.69. The number of aromatic nitrogens is 2. The van der Waals surface area contributed by atoms with Gasteiger partial charge in [0.1, 0.15) is 11.9 Å². The zero-order valence-electron chi connectivity index (χ0n) is 16.1. The van der Waals surface area contributed by atoms with Crippen LogP contribution < -0.4 is 5.32 Å². The van der Waals surface area contributed by atoms with Gasteiger partial charge >= 0.3 is 0 Å². The van der Waals surface area contributed by atoms with Crippen molar-refractivity contribution in [3.05, 3.63) is 56.8 Å². The van der Waals surface area contributed by atoms with Gasteiger partial charge in [-0.15, -0.1) is 0 Å². The molecule has 1 aromatic carbocycles. The van der Waals surface area contributed by atoms with Crippen molar-refractivity contribution in [2.75, 3.05) is 18.9 Å². The van der Waals surface area contributed by atoms with Gasteiger partial charge in [0.05, 0.1) is 29.3 Å². The Bertz CT molecular complexity index is 1090. The molecule has 146 valence electrons. The summed E-state index contributed by atoms with van der Waals surface area (Å²) in [7, 11) is 2.20. The number of piperidine rings is 2. The van der Waals surface area contributed by atoms with Crippen LogP contribution in [0.3, 0.4) is 0 Å². The molecule has 6 nitrogen and oxygen atoms in total. The van der Waals surface area contributed by atoms with Gasteiger partial charge in [-0.2, -0.15) is 15.6 Å². The lowest BCUT2D eigenvalue weighted by Crippen LogP contribution is -2.52. The predicted molar refractivity (Wildman–Crippen MR) is 113 cm³/mol. The molecule has 29 heavy (non-hydrogen) atoms. The molecule has 2 saturated heterocycles. The molecule has 6 rings (SSSR count). The van der Waals surface area contributed by atoms with E-state index in [1.54, 1.807) is 12.3 Å². The van der Waals surface area contributed by atoms with Crippen molar-refractivity contribution in [3.63, 3.8) is 0 Å². The molecule has 3 fully saturated rings. The maximum Gasteiger partial charge on any atom is 0.129 e. The molecule has 4 atom stereocenters. The van der Waals surface area contributed by atoms with Gasteiger partial charge in [-0.25, -0.2) is 0 Å². The van der Waals surface area contributed by atoms with Gasteiger partial charge in [-0.3, -0.25) is 5.10 Å². The fourth-order valence-electron chi connectivity index (χ4n) is 5.51. The van der Waals surface area contributed by atoms with E-state index in [4.69, 9.17) is 0 Å². The number of allylic oxidation sites excluding steroid dienone is 1. The second-order valence-corrected chi connectivity index (χ2v) is 9.10. The standard InChI is InChI=1S/C22H21BrN6/c1-29-11-12-5-6-18(29)15(7-12)21-16(9-25)19(17-10-26-28-22(17)27-21)14-4-2-3-13(8-24)20(14)23/h2-4,10,12,15,18-19H,5-7,11H2,1H3,(H2,26,27,28)/t12-,15+,18+,19?/m0/s1. The molecule has 1 aromatic heterocycles. The molecule has 7 heteroatoms. The van der Waals surface area contributed by atoms with Crippen LogP contribution in [0.15, 0.2) is 40.1 Å². The molecular formula is C22H21BrN6. The first-order chi connectivity index (χ1) is 14.1. The first-order valence-electron chi connectivity index (χ1n) is 9.95. The average molecular weight is 449 g/mol. The number of H-pyrrole nitrogens is 1. The molecule has 2 N–H and O–H groups in total. The number of nitrogens with zero attached hydrogens (tertiary/aromatic N) is 4. The SMILES string of the molecule is CN1C[C@H]2CC[C@@H]1[C@H](C1=C(C#N)C(c3cccc(C#N)c3Br)c3cn[nH]c3N1)C2. The summed E-state index contributed by atoms with van der Waals surface area (Å²) in [5, 5.41) is 30.6.